The van der Waals surface area contributed by atoms with Crippen molar-refractivity contribution < 1.29 is 9.90 Å². The van der Waals surface area contributed by atoms with Crippen LogP contribution < -0.4 is 5.73 Å². The van der Waals surface area contributed by atoms with Crippen LogP contribution in [0.5, 0.6) is 5.75 Å². The van der Waals surface area contributed by atoms with Gasteiger partial charge in [0.1, 0.15) is 11.6 Å². The first-order chi connectivity index (χ1) is 12.0. The van der Waals surface area contributed by atoms with Crippen LogP contribution in [0.3, 0.4) is 0 Å². The molecule has 6 nitrogen and oxygen atoms in total. The Bertz CT molecular complexity index is 809. The molecule has 2 aromatic rings. The summed E-state index contributed by atoms with van der Waals surface area (Å²) in [6, 6.07) is 9.63. The summed E-state index contributed by atoms with van der Waals surface area (Å²) in [6.45, 7) is 1.66. The second-order valence-corrected chi connectivity index (χ2v) is 7.07. The maximum atomic E-state index is 11.9. The number of nitrogen functional groups attached to an aromatic ring is 1. The van der Waals surface area contributed by atoms with E-state index >= 15 is 0 Å². The van der Waals surface area contributed by atoms with Gasteiger partial charge in [-0.05, 0) is 49.8 Å². The zero-order chi connectivity index (χ0) is 17.6. The maximum Gasteiger partial charge on any atom is 0.219 e. The molecule has 0 saturated carbocycles. The minimum absolute atomic E-state index is 0.168. The Morgan fingerprint density at radius 3 is 2.52 bits per heavy atom. The molecule has 1 amide bonds. The van der Waals surface area contributed by atoms with Crippen molar-refractivity contribution in [3.8, 4) is 17.0 Å². The van der Waals surface area contributed by atoms with Crippen LogP contribution in [0.15, 0.2) is 30.3 Å². The number of hydrogen-bond donors (Lipinski definition) is 2. The Balaban J connectivity index is 1.67. The van der Waals surface area contributed by atoms with Crippen molar-refractivity contribution in [2.45, 2.75) is 50.6 Å². The summed E-state index contributed by atoms with van der Waals surface area (Å²) in [7, 11) is 0. The van der Waals surface area contributed by atoms with Crippen LogP contribution in [0.4, 0.5) is 5.82 Å². The number of rotatable bonds is 2. The van der Waals surface area contributed by atoms with E-state index in [0.717, 1.165) is 31.2 Å². The van der Waals surface area contributed by atoms with Crippen molar-refractivity contribution in [2.24, 2.45) is 0 Å². The van der Waals surface area contributed by atoms with Crippen LogP contribution in [0.2, 0.25) is 0 Å². The van der Waals surface area contributed by atoms with Gasteiger partial charge in [0, 0.05) is 30.1 Å². The molecule has 130 valence electrons. The van der Waals surface area contributed by atoms with Crippen LogP contribution in [-0.4, -0.2) is 38.2 Å². The molecule has 2 aliphatic rings. The molecule has 2 fully saturated rings. The number of nitrogens with zero attached hydrogens (tertiary/aromatic N) is 3. The molecule has 1 aromatic carbocycles. The van der Waals surface area contributed by atoms with E-state index in [1.807, 2.05) is 23.1 Å². The van der Waals surface area contributed by atoms with E-state index in [0.29, 0.717) is 29.2 Å². The van der Waals surface area contributed by atoms with Gasteiger partial charge >= 0.3 is 0 Å². The lowest BCUT2D eigenvalue weighted by molar-refractivity contribution is -0.133. The molecule has 1 aromatic heterocycles. The minimum atomic E-state index is 0.168. The highest BCUT2D eigenvalue weighted by Crippen LogP contribution is 2.44. The van der Waals surface area contributed by atoms with Crippen molar-refractivity contribution in [1.82, 2.24) is 15.1 Å². The quantitative estimate of drug-likeness (QED) is 0.878. The third-order valence-corrected chi connectivity index (χ3v) is 5.57. The number of benzene rings is 1. The molecule has 25 heavy (non-hydrogen) atoms. The molecular weight excluding hydrogens is 316 g/mol. The highest BCUT2D eigenvalue weighted by Gasteiger charge is 2.42. The molecule has 0 radical (unpaired) electrons. The first-order valence-corrected chi connectivity index (χ1v) is 8.75. The van der Waals surface area contributed by atoms with Crippen molar-refractivity contribution >= 4 is 11.7 Å². The SMILES string of the molecule is CC(=O)N1[C@@H]2CC[C@H]1CC(c1cc(-c3ccccc3O)nnc1N)C2. The van der Waals surface area contributed by atoms with Gasteiger partial charge < -0.3 is 15.7 Å². The predicted molar refractivity (Wildman–Crippen MR) is 94.9 cm³/mol. The highest BCUT2D eigenvalue weighted by molar-refractivity contribution is 5.74. The molecular formula is C19H22N4O2. The van der Waals surface area contributed by atoms with Crippen LogP contribution in [-0.2, 0) is 4.79 Å². The van der Waals surface area contributed by atoms with Crippen molar-refractivity contribution in [3.05, 3.63) is 35.9 Å². The summed E-state index contributed by atoms with van der Waals surface area (Å²) in [6.07, 6.45) is 3.94. The fraction of sp³-hybridized carbons (Fsp3) is 0.421. The molecule has 4 rings (SSSR count). The van der Waals surface area contributed by atoms with Gasteiger partial charge in [-0.1, -0.05) is 12.1 Å². The van der Waals surface area contributed by atoms with E-state index in [-0.39, 0.29) is 17.6 Å². The standard InChI is InChI=1S/C19H22N4O2/c1-11(24)23-13-6-7-14(23)9-12(8-13)16-10-17(21-22-19(16)20)15-4-2-3-5-18(15)25/h2-5,10,12-14,25H,6-9H2,1H3,(H2,20,22)/t12?,13-,14+. The third kappa shape index (κ3) is 2.71. The summed E-state index contributed by atoms with van der Waals surface area (Å²) in [5.74, 6) is 1.06. The summed E-state index contributed by atoms with van der Waals surface area (Å²) >= 11 is 0. The molecule has 0 spiro atoms. The lowest BCUT2D eigenvalue weighted by Gasteiger charge is -2.38. The second kappa shape index (κ2) is 6.02. The molecule has 2 saturated heterocycles. The van der Waals surface area contributed by atoms with E-state index in [1.165, 1.54) is 0 Å². The van der Waals surface area contributed by atoms with Crippen LogP contribution in [0.1, 0.15) is 44.1 Å². The smallest absolute Gasteiger partial charge is 0.219 e. The van der Waals surface area contributed by atoms with E-state index in [1.54, 1.807) is 19.1 Å². The number of piperidine rings is 1. The summed E-state index contributed by atoms with van der Waals surface area (Å²) in [5, 5.41) is 18.4. The summed E-state index contributed by atoms with van der Waals surface area (Å²) in [4.78, 5) is 13.9. The van der Waals surface area contributed by atoms with E-state index in [4.69, 9.17) is 5.73 Å². The number of phenols is 1. The average molecular weight is 338 g/mol. The van der Waals surface area contributed by atoms with Crippen molar-refractivity contribution in [2.75, 3.05) is 5.73 Å². The Hall–Kier alpha value is -2.63. The van der Waals surface area contributed by atoms with Crippen LogP contribution in [0.25, 0.3) is 11.3 Å². The first-order valence-electron chi connectivity index (χ1n) is 8.75. The lowest BCUT2D eigenvalue weighted by atomic mass is 9.85. The predicted octanol–water partition coefficient (Wildman–Crippen LogP) is 2.69. The molecule has 3 heterocycles. The number of fused-ring (bicyclic) bond motifs is 2. The number of hydrogen-bond acceptors (Lipinski definition) is 5. The number of amides is 1. The Morgan fingerprint density at radius 1 is 1.20 bits per heavy atom. The van der Waals surface area contributed by atoms with E-state index in [2.05, 4.69) is 10.2 Å². The number of anilines is 1. The normalized spacial score (nSPS) is 25.2. The number of carbonyl (C=O) groups excluding carboxylic acids is 1. The van der Waals surface area contributed by atoms with Gasteiger partial charge in [-0.25, -0.2) is 0 Å². The molecule has 1 unspecified atom stereocenters. The fourth-order valence-corrected chi connectivity index (χ4v) is 4.51. The van der Waals surface area contributed by atoms with Crippen LogP contribution >= 0.6 is 0 Å². The number of aromatic hydroxyl groups is 1. The zero-order valence-corrected chi connectivity index (χ0v) is 14.2. The molecule has 6 heteroatoms. The fourth-order valence-electron chi connectivity index (χ4n) is 4.51. The monoisotopic (exact) mass is 338 g/mol. The summed E-state index contributed by atoms with van der Waals surface area (Å²) in [5.41, 5.74) is 8.39. The number of nitrogens with two attached hydrogens (primary N) is 1. The van der Waals surface area contributed by atoms with Crippen molar-refractivity contribution in [1.29, 1.82) is 0 Å². The Kier molecular flexibility index (Phi) is 3.82. The Morgan fingerprint density at radius 2 is 1.88 bits per heavy atom. The molecule has 3 atom stereocenters. The Labute approximate surface area is 146 Å². The number of carbonyl (C=O) groups is 1. The van der Waals surface area contributed by atoms with Gasteiger partial charge in [-0.3, -0.25) is 4.79 Å². The minimum Gasteiger partial charge on any atom is -0.507 e. The van der Waals surface area contributed by atoms with E-state index in [9.17, 15) is 9.90 Å². The van der Waals surface area contributed by atoms with Gasteiger partial charge in [0.2, 0.25) is 5.91 Å². The van der Waals surface area contributed by atoms with Gasteiger partial charge in [0.15, 0.2) is 0 Å². The largest absolute Gasteiger partial charge is 0.507 e. The molecule has 2 bridgehead atoms. The zero-order valence-electron chi connectivity index (χ0n) is 14.2. The maximum absolute atomic E-state index is 11.9. The lowest BCUT2D eigenvalue weighted by Crippen LogP contribution is -2.45. The number of aromatic nitrogens is 2. The third-order valence-electron chi connectivity index (χ3n) is 5.57. The van der Waals surface area contributed by atoms with Gasteiger partial charge in [0.05, 0.1) is 5.69 Å². The van der Waals surface area contributed by atoms with Gasteiger partial charge in [-0.2, -0.15) is 0 Å². The molecule has 2 aliphatic heterocycles. The van der Waals surface area contributed by atoms with E-state index < -0.39 is 0 Å². The van der Waals surface area contributed by atoms with Gasteiger partial charge in [-0.15, -0.1) is 10.2 Å². The topological polar surface area (TPSA) is 92.3 Å². The summed E-state index contributed by atoms with van der Waals surface area (Å²) < 4.78 is 0. The van der Waals surface area contributed by atoms with Crippen molar-refractivity contribution in [3.63, 3.8) is 0 Å². The number of para-hydroxylation sites is 1. The first kappa shape index (κ1) is 15.9. The average Bonchev–Trinajstić information content (AvgIpc) is 2.87. The number of phenolic OH excluding ortho intramolecular Hbond substituents is 1. The molecule has 3 N–H and O–H groups in total. The van der Waals surface area contributed by atoms with Crippen LogP contribution in [0, 0.1) is 0 Å². The van der Waals surface area contributed by atoms with Gasteiger partial charge in [0.25, 0.3) is 0 Å². The second-order valence-electron chi connectivity index (χ2n) is 7.07. The molecule has 0 aliphatic carbocycles. The highest BCUT2D eigenvalue weighted by atomic mass is 16.3.